The van der Waals surface area contributed by atoms with E-state index in [1.807, 2.05) is 20.8 Å². The minimum Gasteiger partial charge on any atom is -0.480 e. The highest BCUT2D eigenvalue weighted by Gasteiger charge is 2.26. The summed E-state index contributed by atoms with van der Waals surface area (Å²) in [6, 6.07) is 1.53. The van der Waals surface area contributed by atoms with E-state index in [9.17, 15) is 14.9 Å². The van der Waals surface area contributed by atoms with E-state index in [2.05, 4.69) is 4.98 Å². The van der Waals surface area contributed by atoms with Crippen molar-refractivity contribution in [3.05, 3.63) is 27.9 Å². The quantitative estimate of drug-likeness (QED) is 0.662. The first-order chi connectivity index (χ1) is 8.62. The second kappa shape index (κ2) is 5.21. The molecule has 0 aromatic carbocycles. The van der Waals surface area contributed by atoms with Gasteiger partial charge in [0.25, 0.3) is 5.69 Å². The predicted molar refractivity (Wildman–Crippen MR) is 70.4 cm³/mol. The zero-order chi connectivity index (χ0) is 14.8. The molecule has 0 saturated carbocycles. The number of anilines is 1. The average molecular weight is 267 g/mol. The molecule has 0 radical (unpaired) electrons. The third kappa shape index (κ3) is 3.64. The molecular formula is C12H17N3O4. The molecule has 0 bridgehead atoms. The molecule has 1 rings (SSSR count). The number of nitrogens with zero attached hydrogens (tertiary/aromatic N) is 3. The highest BCUT2D eigenvalue weighted by atomic mass is 16.6. The third-order valence-corrected chi connectivity index (χ3v) is 2.65. The van der Waals surface area contributed by atoms with Gasteiger partial charge in [0.15, 0.2) is 0 Å². The van der Waals surface area contributed by atoms with Gasteiger partial charge < -0.3 is 10.0 Å². The molecule has 1 N–H and O–H groups in total. The zero-order valence-electron chi connectivity index (χ0n) is 11.4. The molecule has 0 spiro atoms. The van der Waals surface area contributed by atoms with Crippen molar-refractivity contribution in [2.45, 2.75) is 33.2 Å². The lowest BCUT2D eigenvalue weighted by atomic mass is 10.1. The molecule has 1 heterocycles. The maximum atomic E-state index is 10.9. The van der Waals surface area contributed by atoms with Crippen LogP contribution >= 0.6 is 0 Å². The molecule has 0 unspecified atom stereocenters. The van der Waals surface area contributed by atoms with Gasteiger partial charge in [-0.05, 0) is 33.8 Å². The molecule has 1 aromatic rings. The molecule has 0 amide bonds. The Morgan fingerprint density at radius 3 is 2.47 bits per heavy atom. The van der Waals surface area contributed by atoms with Gasteiger partial charge in [-0.3, -0.25) is 14.9 Å². The van der Waals surface area contributed by atoms with Crippen LogP contribution in [0.25, 0.3) is 0 Å². The van der Waals surface area contributed by atoms with Gasteiger partial charge in [0, 0.05) is 11.1 Å². The number of aliphatic carboxylic acids is 1. The molecule has 7 heteroatoms. The number of hydrogen-bond donors (Lipinski definition) is 1. The standard InChI is InChI=1S/C12H17N3O4/c1-8-5-10(13-6-9(8)15(18)19)14(7-11(16)17)12(2,3)4/h5-6H,7H2,1-4H3,(H,16,17). The summed E-state index contributed by atoms with van der Waals surface area (Å²) in [6.45, 7) is 6.95. The summed E-state index contributed by atoms with van der Waals surface area (Å²) in [6.07, 6.45) is 1.16. The van der Waals surface area contributed by atoms with Crippen LogP contribution in [0.1, 0.15) is 26.3 Å². The van der Waals surface area contributed by atoms with Crippen LogP contribution in [0.3, 0.4) is 0 Å². The summed E-state index contributed by atoms with van der Waals surface area (Å²) < 4.78 is 0. The number of aromatic nitrogens is 1. The van der Waals surface area contributed by atoms with Crippen LogP contribution in [-0.2, 0) is 4.79 Å². The van der Waals surface area contributed by atoms with Crippen LogP contribution in [0.4, 0.5) is 11.5 Å². The van der Waals surface area contributed by atoms with Crippen LogP contribution in [0.15, 0.2) is 12.3 Å². The van der Waals surface area contributed by atoms with Gasteiger partial charge in [-0.15, -0.1) is 0 Å². The Morgan fingerprint density at radius 2 is 2.11 bits per heavy atom. The van der Waals surface area contributed by atoms with Crippen molar-refractivity contribution in [2.75, 3.05) is 11.4 Å². The lowest BCUT2D eigenvalue weighted by Gasteiger charge is -2.35. The molecule has 0 atom stereocenters. The maximum Gasteiger partial charge on any atom is 0.323 e. The summed E-state index contributed by atoms with van der Waals surface area (Å²) in [7, 11) is 0. The minimum absolute atomic E-state index is 0.0760. The van der Waals surface area contributed by atoms with Crippen molar-refractivity contribution in [3.8, 4) is 0 Å². The highest BCUT2D eigenvalue weighted by Crippen LogP contribution is 2.26. The van der Waals surface area contributed by atoms with Gasteiger partial charge in [-0.25, -0.2) is 4.98 Å². The monoisotopic (exact) mass is 267 g/mol. The fourth-order valence-electron chi connectivity index (χ4n) is 1.67. The van der Waals surface area contributed by atoms with E-state index in [1.54, 1.807) is 11.8 Å². The van der Waals surface area contributed by atoms with E-state index < -0.39 is 16.4 Å². The lowest BCUT2D eigenvalue weighted by molar-refractivity contribution is -0.385. The van der Waals surface area contributed by atoms with Crippen LogP contribution in [0.5, 0.6) is 0 Å². The Morgan fingerprint density at radius 1 is 1.53 bits per heavy atom. The Balaban J connectivity index is 3.21. The van der Waals surface area contributed by atoms with E-state index in [1.165, 1.54) is 6.07 Å². The molecule has 0 saturated heterocycles. The topological polar surface area (TPSA) is 96.6 Å². The van der Waals surface area contributed by atoms with E-state index in [-0.39, 0.29) is 12.2 Å². The van der Waals surface area contributed by atoms with Gasteiger partial charge in [-0.2, -0.15) is 0 Å². The zero-order valence-corrected chi connectivity index (χ0v) is 11.4. The third-order valence-electron chi connectivity index (χ3n) is 2.65. The van der Waals surface area contributed by atoms with E-state index >= 15 is 0 Å². The first-order valence-corrected chi connectivity index (χ1v) is 5.73. The smallest absolute Gasteiger partial charge is 0.323 e. The van der Waals surface area contributed by atoms with Gasteiger partial charge in [0.05, 0.1) is 4.92 Å². The highest BCUT2D eigenvalue weighted by molar-refractivity contribution is 5.73. The molecule has 0 aliphatic carbocycles. The molecule has 7 nitrogen and oxygen atoms in total. The lowest BCUT2D eigenvalue weighted by Crippen LogP contribution is -2.45. The van der Waals surface area contributed by atoms with Crippen molar-refractivity contribution >= 4 is 17.5 Å². The SMILES string of the molecule is Cc1cc(N(CC(=O)O)C(C)(C)C)ncc1[N+](=O)[O-]. The fourth-order valence-corrected chi connectivity index (χ4v) is 1.67. The largest absolute Gasteiger partial charge is 0.480 e. The van der Waals surface area contributed by atoms with Gasteiger partial charge >= 0.3 is 5.97 Å². The molecule has 0 aliphatic rings. The summed E-state index contributed by atoms with van der Waals surface area (Å²) in [5.74, 6) is -0.564. The first-order valence-electron chi connectivity index (χ1n) is 5.73. The number of rotatable bonds is 4. The summed E-state index contributed by atoms with van der Waals surface area (Å²) in [4.78, 5) is 26.7. The van der Waals surface area contributed by atoms with Crippen molar-refractivity contribution < 1.29 is 14.8 Å². The van der Waals surface area contributed by atoms with E-state index in [0.717, 1.165) is 6.20 Å². The summed E-state index contributed by atoms with van der Waals surface area (Å²) in [5, 5.41) is 19.7. The Kier molecular flexibility index (Phi) is 4.08. The molecular weight excluding hydrogens is 250 g/mol. The van der Waals surface area contributed by atoms with Crippen LogP contribution in [0, 0.1) is 17.0 Å². The number of nitro groups is 1. The average Bonchev–Trinajstić information content (AvgIpc) is 2.23. The van der Waals surface area contributed by atoms with E-state index in [4.69, 9.17) is 5.11 Å². The van der Waals surface area contributed by atoms with Gasteiger partial charge in [-0.1, -0.05) is 0 Å². The maximum absolute atomic E-state index is 10.9. The van der Waals surface area contributed by atoms with Crippen LogP contribution < -0.4 is 4.90 Å². The number of pyridine rings is 1. The Hall–Kier alpha value is -2.18. The summed E-state index contributed by atoms with van der Waals surface area (Å²) >= 11 is 0. The predicted octanol–water partition coefficient (Wildman–Crippen LogP) is 1.99. The number of aryl methyl sites for hydroxylation is 1. The Labute approximate surface area is 111 Å². The van der Waals surface area contributed by atoms with Crippen molar-refractivity contribution in [1.82, 2.24) is 4.98 Å². The fraction of sp³-hybridized carbons (Fsp3) is 0.500. The minimum atomic E-state index is -0.979. The van der Waals surface area contributed by atoms with Crippen LogP contribution in [-0.4, -0.2) is 33.1 Å². The number of hydrogen-bond acceptors (Lipinski definition) is 5. The summed E-state index contributed by atoms with van der Waals surface area (Å²) in [5.41, 5.74) is -0.0731. The molecule has 0 fully saturated rings. The number of carbonyl (C=O) groups is 1. The first kappa shape index (κ1) is 14.9. The second-order valence-electron chi connectivity index (χ2n) is 5.24. The van der Waals surface area contributed by atoms with Gasteiger partial charge in [0.2, 0.25) is 0 Å². The Bertz CT molecular complexity index is 508. The second-order valence-corrected chi connectivity index (χ2v) is 5.24. The molecule has 104 valence electrons. The molecule has 19 heavy (non-hydrogen) atoms. The van der Waals surface area contributed by atoms with Crippen molar-refractivity contribution in [2.24, 2.45) is 0 Å². The number of carboxylic acid groups (broad SMARTS) is 1. The van der Waals surface area contributed by atoms with E-state index in [0.29, 0.717) is 11.4 Å². The number of carboxylic acids is 1. The van der Waals surface area contributed by atoms with Gasteiger partial charge in [0.1, 0.15) is 18.6 Å². The molecule has 1 aromatic heterocycles. The van der Waals surface area contributed by atoms with Crippen LogP contribution in [0.2, 0.25) is 0 Å². The van der Waals surface area contributed by atoms with Crippen molar-refractivity contribution in [3.63, 3.8) is 0 Å². The van der Waals surface area contributed by atoms with Crippen molar-refractivity contribution in [1.29, 1.82) is 0 Å². The normalized spacial score (nSPS) is 11.2. The molecule has 0 aliphatic heterocycles.